The minimum atomic E-state index is -0.370. The van der Waals surface area contributed by atoms with Gasteiger partial charge in [-0.3, -0.25) is 0 Å². The summed E-state index contributed by atoms with van der Waals surface area (Å²) >= 11 is 0. The van der Waals surface area contributed by atoms with Crippen molar-refractivity contribution in [2.24, 2.45) is 5.73 Å². The van der Waals surface area contributed by atoms with Crippen molar-refractivity contribution < 1.29 is 13.9 Å². The average Bonchev–Trinajstić information content (AvgIpc) is 2.33. The first-order chi connectivity index (χ1) is 8.60. The molecule has 0 heterocycles. The number of halogens is 1. The smallest absolute Gasteiger partial charge is 0.165 e. The third-order valence-corrected chi connectivity index (χ3v) is 3.89. The fourth-order valence-corrected chi connectivity index (χ4v) is 2.49. The fourth-order valence-electron chi connectivity index (χ4n) is 2.49. The van der Waals surface area contributed by atoms with Crippen LogP contribution in [0.1, 0.15) is 37.3 Å². The van der Waals surface area contributed by atoms with Crippen LogP contribution >= 0.6 is 0 Å². The summed E-state index contributed by atoms with van der Waals surface area (Å²) in [6.07, 6.45) is 3.98. The van der Waals surface area contributed by atoms with Gasteiger partial charge in [0.25, 0.3) is 0 Å². The lowest BCUT2D eigenvalue weighted by Gasteiger charge is -2.42. The van der Waals surface area contributed by atoms with E-state index in [1.807, 2.05) is 6.07 Å². The molecule has 0 aliphatic heterocycles. The van der Waals surface area contributed by atoms with E-state index in [4.69, 9.17) is 15.2 Å². The number of hydrogen-bond acceptors (Lipinski definition) is 3. The number of methoxy groups -OCH3 is 2. The van der Waals surface area contributed by atoms with Gasteiger partial charge in [0.2, 0.25) is 0 Å². The lowest BCUT2D eigenvalue weighted by molar-refractivity contribution is -0.0817. The Labute approximate surface area is 107 Å². The van der Waals surface area contributed by atoms with E-state index >= 15 is 0 Å². The molecule has 100 valence electrons. The maximum Gasteiger partial charge on any atom is 0.165 e. The first-order valence-electron chi connectivity index (χ1n) is 6.24. The maximum atomic E-state index is 13.6. The van der Waals surface area contributed by atoms with Crippen molar-refractivity contribution >= 4 is 0 Å². The summed E-state index contributed by atoms with van der Waals surface area (Å²) in [5.41, 5.74) is 6.83. The predicted molar refractivity (Wildman–Crippen MR) is 68.1 cm³/mol. The highest BCUT2D eigenvalue weighted by Gasteiger charge is 2.38. The molecule has 4 heteroatoms. The van der Waals surface area contributed by atoms with Crippen LogP contribution in [-0.4, -0.2) is 19.8 Å². The van der Waals surface area contributed by atoms with Crippen LogP contribution < -0.4 is 10.5 Å². The highest BCUT2D eigenvalue weighted by molar-refractivity contribution is 5.31. The summed E-state index contributed by atoms with van der Waals surface area (Å²) in [6.45, 7) is 0. The Bertz CT molecular complexity index is 413. The monoisotopic (exact) mass is 253 g/mol. The van der Waals surface area contributed by atoms with Crippen molar-refractivity contribution in [1.29, 1.82) is 0 Å². The Morgan fingerprint density at radius 3 is 2.56 bits per heavy atom. The molecule has 0 aromatic heterocycles. The normalized spacial score (nSPS) is 19.1. The summed E-state index contributed by atoms with van der Waals surface area (Å²) < 4.78 is 24.0. The molecule has 1 aliphatic rings. The zero-order valence-corrected chi connectivity index (χ0v) is 10.9. The van der Waals surface area contributed by atoms with Gasteiger partial charge in [-0.25, -0.2) is 4.39 Å². The molecule has 1 aromatic rings. The zero-order chi connectivity index (χ0) is 13.2. The molecular formula is C14H20FNO2. The Morgan fingerprint density at radius 2 is 2.11 bits per heavy atom. The van der Waals surface area contributed by atoms with Crippen LogP contribution in [0.4, 0.5) is 4.39 Å². The first kappa shape index (κ1) is 13.3. The molecule has 0 bridgehead atoms. The molecular weight excluding hydrogens is 233 g/mol. The van der Waals surface area contributed by atoms with E-state index in [2.05, 4.69) is 0 Å². The Balaban J connectivity index is 2.09. The molecule has 1 fully saturated rings. The van der Waals surface area contributed by atoms with Crippen molar-refractivity contribution in [2.75, 3.05) is 14.2 Å². The lowest BCUT2D eigenvalue weighted by Crippen LogP contribution is -2.41. The molecule has 0 amide bonds. The van der Waals surface area contributed by atoms with Crippen LogP contribution in [-0.2, 0) is 4.74 Å². The molecule has 2 N–H and O–H groups in total. The lowest BCUT2D eigenvalue weighted by atomic mass is 9.75. The molecule has 0 saturated heterocycles. The summed E-state index contributed by atoms with van der Waals surface area (Å²) in [5.74, 6) is -0.124. The maximum absolute atomic E-state index is 13.6. The second-order valence-electron chi connectivity index (χ2n) is 4.95. The van der Waals surface area contributed by atoms with E-state index in [9.17, 15) is 4.39 Å². The molecule has 3 nitrogen and oxygen atoms in total. The van der Waals surface area contributed by atoms with Crippen LogP contribution in [0.2, 0.25) is 0 Å². The zero-order valence-electron chi connectivity index (χ0n) is 10.9. The van der Waals surface area contributed by atoms with Crippen molar-refractivity contribution in [2.45, 2.75) is 37.3 Å². The highest BCUT2D eigenvalue weighted by atomic mass is 19.1. The van der Waals surface area contributed by atoms with Gasteiger partial charge < -0.3 is 15.2 Å². The molecule has 1 atom stereocenters. The number of nitrogens with two attached hydrogens (primary N) is 1. The number of hydrogen-bond donors (Lipinski definition) is 1. The minimum absolute atomic E-state index is 0.101. The largest absolute Gasteiger partial charge is 0.494 e. The molecule has 1 saturated carbocycles. The Hall–Kier alpha value is -1.13. The summed E-state index contributed by atoms with van der Waals surface area (Å²) in [5, 5.41) is 0. The van der Waals surface area contributed by atoms with Gasteiger partial charge in [-0.15, -0.1) is 0 Å². The van der Waals surface area contributed by atoms with Gasteiger partial charge in [-0.2, -0.15) is 0 Å². The molecule has 1 aromatic carbocycles. The van der Waals surface area contributed by atoms with E-state index < -0.39 is 0 Å². The van der Waals surface area contributed by atoms with Crippen LogP contribution in [0.5, 0.6) is 5.75 Å². The Kier molecular flexibility index (Phi) is 3.88. The van der Waals surface area contributed by atoms with Crippen LogP contribution in [0, 0.1) is 5.82 Å². The van der Waals surface area contributed by atoms with Gasteiger partial charge in [0, 0.05) is 13.2 Å². The van der Waals surface area contributed by atoms with Crippen LogP contribution in [0.15, 0.2) is 18.2 Å². The van der Waals surface area contributed by atoms with Gasteiger partial charge in [0.1, 0.15) is 0 Å². The van der Waals surface area contributed by atoms with Gasteiger partial charge >= 0.3 is 0 Å². The Morgan fingerprint density at radius 1 is 1.39 bits per heavy atom. The van der Waals surface area contributed by atoms with Crippen molar-refractivity contribution in [3.63, 3.8) is 0 Å². The third-order valence-electron chi connectivity index (χ3n) is 3.89. The number of ether oxygens (including phenoxy) is 2. The molecule has 2 rings (SSSR count). The third kappa shape index (κ3) is 2.49. The SMILES string of the molecule is COc1ccc(C(N)CC2(OC)CCC2)cc1F. The summed E-state index contributed by atoms with van der Waals surface area (Å²) in [4.78, 5) is 0. The fraction of sp³-hybridized carbons (Fsp3) is 0.571. The minimum Gasteiger partial charge on any atom is -0.494 e. The highest BCUT2D eigenvalue weighted by Crippen LogP contribution is 2.41. The number of benzene rings is 1. The molecule has 0 radical (unpaired) electrons. The topological polar surface area (TPSA) is 44.5 Å². The quantitative estimate of drug-likeness (QED) is 0.877. The standard InChI is InChI=1S/C14H20FNO2/c1-17-13-5-4-10(8-11(13)15)12(16)9-14(18-2)6-3-7-14/h4-5,8,12H,3,6-7,9,16H2,1-2H3. The molecule has 0 spiro atoms. The van der Waals surface area contributed by atoms with E-state index in [0.717, 1.165) is 24.8 Å². The van der Waals surface area contributed by atoms with Crippen LogP contribution in [0.25, 0.3) is 0 Å². The first-order valence-corrected chi connectivity index (χ1v) is 6.24. The summed E-state index contributed by atoms with van der Waals surface area (Å²) in [7, 11) is 3.17. The molecule has 1 aliphatic carbocycles. The van der Waals surface area contributed by atoms with Crippen molar-refractivity contribution in [1.82, 2.24) is 0 Å². The average molecular weight is 253 g/mol. The van der Waals surface area contributed by atoms with E-state index in [1.165, 1.54) is 19.6 Å². The van der Waals surface area contributed by atoms with Crippen molar-refractivity contribution in [3.05, 3.63) is 29.6 Å². The number of rotatable bonds is 5. The van der Waals surface area contributed by atoms with E-state index in [-0.39, 0.29) is 23.2 Å². The molecule has 18 heavy (non-hydrogen) atoms. The van der Waals surface area contributed by atoms with E-state index in [1.54, 1.807) is 13.2 Å². The van der Waals surface area contributed by atoms with Gasteiger partial charge in [-0.05, 0) is 43.4 Å². The van der Waals surface area contributed by atoms with Gasteiger partial charge in [-0.1, -0.05) is 6.07 Å². The van der Waals surface area contributed by atoms with Crippen molar-refractivity contribution in [3.8, 4) is 5.75 Å². The molecule has 1 unspecified atom stereocenters. The van der Waals surface area contributed by atoms with Gasteiger partial charge in [0.15, 0.2) is 11.6 Å². The second-order valence-corrected chi connectivity index (χ2v) is 4.95. The summed E-state index contributed by atoms with van der Waals surface area (Å²) in [6, 6.07) is 4.68. The predicted octanol–water partition coefficient (Wildman–Crippen LogP) is 2.79. The van der Waals surface area contributed by atoms with E-state index in [0.29, 0.717) is 0 Å². The van der Waals surface area contributed by atoms with Gasteiger partial charge in [0.05, 0.1) is 12.7 Å². The van der Waals surface area contributed by atoms with Crippen LogP contribution in [0.3, 0.4) is 0 Å². The second kappa shape index (κ2) is 5.24.